The molecule has 1 unspecified atom stereocenters. The van der Waals surface area contributed by atoms with Crippen LogP contribution in [0, 0.1) is 0 Å². The van der Waals surface area contributed by atoms with E-state index in [4.69, 9.17) is 11.6 Å². The van der Waals surface area contributed by atoms with E-state index in [2.05, 4.69) is 9.97 Å². The Kier molecular flexibility index (Phi) is 3.03. The molecule has 1 atom stereocenters. The number of aliphatic hydroxyl groups is 1. The molecule has 2 aromatic rings. The molecule has 0 aliphatic rings. The van der Waals surface area contributed by atoms with Crippen molar-refractivity contribution in [1.29, 1.82) is 0 Å². The molecule has 4 nitrogen and oxygen atoms in total. The number of hydrogen-bond acceptors (Lipinski definition) is 2. The van der Waals surface area contributed by atoms with Crippen molar-refractivity contribution in [2.24, 2.45) is 0 Å². The minimum absolute atomic E-state index is 0.270. The second-order valence-electron chi connectivity index (χ2n) is 3.80. The lowest BCUT2D eigenvalue weighted by Gasteiger charge is -2.11. The first-order chi connectivity index (χ1) is 7.61. The molecule has 0 radical (unpaired) electrons. The molecule has 1 aromatic heterocycles. The number of halogens is 1. The highest BCUT2D eigenvalue weighted by Gasteiger charge is 2.12. The summed E-state index contributed by atoms with van der Waals surface area (Å²) in [7, 11) is 0. The number of benzene rings is 1. The van der Waals surface area contributed by atoms with Crippen molar-refractivity contribution in [3.8, 4) is 0 Å². The van der Waals surface area contributed by atoms with Gasteiger partial charge in [-0.15, -0.1) is 0 Å². The van der Waals surface area contributed by atoms with E-state index < -0.39 is 6.10 Å². The zero-order valence-corrected chi connectivity index (χ0v) is 9.64. The highest BCUT2D eigenvalue weighted by Crippen LogP contribution is 2.28. The highest BCUT2D eigenvalue weighted by molar-refractivity contribution is 6.32. The number of hydrogen-bond donors (Lipinski definition) is 3. The molecule has 1 heterocycles. The first-order valence-electron chi connectivity index (χ1n) is 5.21. The minimum Gasteiger partial charge on any atom is -0.388 e. The Balaban J connectivity index is 2.52. The number of imidazole rings is 1. The molecule has 1 aromatic carbocycles. The van der Waals surface area contributed by atoms with Crippen LogP contribution in [-0.4, -0.2) is 15.1 Å². The van der Waals surface area contributed by atoms with E-state index in [-0.39, 0.29) is 5.69 Å². The maximum atomic E-state index is 11.1. The van der Waals surface area contributed by atoms with Gasteiger partial charge in [-0.05, 0) is 18.6 Å². The number of fused-ring (bicyclic) bond motifs is 1. The molecular weight excluding hydrogens is 228 g/mol. The number of rotatable bonds is 3. The predicted molar refractivity (Wildman–Crippen MR) is 63.8 cm³/mol. The summed E-state index contributed by atoms with van der Waals surface area (Å²) in [6.45, 7) is 1.99. The van der Waals surface area contributed by atoms with Crippen LogP contribution < -0.4 is 5.69 Å². The van der Waals surface area contributed by atoms with Crippen LogP contribution in [0.4, 0.5) is 0 Å². The zero-order valence-electron chi connectivity index (χ0n) is 8.88. The quantitative estimate of drug-likeness (QED) is 0.771. The van der Waals surface area contributed by atoms with Crippen LogP contribution in [0.2, 0.25) is 5.02 Å². The normalized spacial score (nSPS) is 13.2. The monoisotopic (exact) mass is 240 g/mol. The van der Waals surface area contributed by atoms with Gasteiger partial charge in [-0.1, -0.05) is 24.9 Å². The summed E-state index contributed by atoms with van der Waals surface area (Å²) in [5, 5.41) is 10.4. The van der Waals surface area contributed by atoms with Gasteiger partial charge in [0.25, 0.3) is 0 Å². The Bertz CT molecular complexity index is 559. The number of H-pyrrole nitrogens is 2. The zero-order chi connectivity index (χ0) is 11.7. The van der Waals surface area contributed by atoms with Gasteiger partial charge in [0.1, 0.15) is 0 Å². The lowest BCUT2D eigenvalue weighted by atomic mass is 10.0. The summed E-state index contributed by atoms with van der Waals surface area (Å²) in [6, 6.07) is 3.37. The third-order valence-corrected chi connectivity index (χ3v) is 2.88. The van der Waals surface area contributed by atoms with Crippen LogP contribution in [0.15, 0.2) is 16.9 Å². The summed E-state index contributed by atoms with van der Waals surface area (Å²) in [5.41, 5.74) is 1.71. The Labute approximate surface area is 97.3 Å². The fourth-order valence-electron chi connectivity index (χ4n) is 1.76. The van der Waals surface area contributed by atoms with E-state index in [0.29, 0.717) is 28.0 Å². The second kappa shape index (κ2) is 4.31. The van der Waals surface area contributed by atoms with Gasteiger partial charge in [0.2, 0.25) is 0 Å². The molecule has 0 bridgehead atoms. The van der Waals surface area contributed by atoms with Crippen LogP contribution in [0.1, 0.15) is 31.4 Å². The largest absolute Gasteiger partial charge is 0.388 e. The summed E-state index contributed by atoms with van der Waals surface area (Å²) in [6.07, 6.45) is 0.944. The van der Waals surface area contributed by atoms with Gasteiger partial charge in [0.05, 0.1) is 17.1 Å². The van der Waals surface area contributed by atoms with Crippen molar-refractivity contribution in [2.45, 2.75) is 25.9 Å². The Morgan fingerprint density at radius 2 is 2.00 bits per heavy atom. The van der Waals surface area contributed by atoms with Gasteiger partial charge in [0.15, 0.2) is 0 Å². The standard InChI is InChI=1S/C11H13ClN2O2/c1-2-3-10(15)6-4-8-9(5-7(6)12)14-11(16)13-8/h4-5,10,15H,2-3H2,1H3,(H2,13,14,16). The van der Waals surface area contributed by atoms with E-state index >= 15 is 0 Å². The van der Waals surface area contributed by atoms with Gasteiger partial charge < -0.3 is 15.1 Å². The maximum absolute atomic E-state index is 11.1. The average molecular weight is 241 g/mol. The first-order valence-corrected chi connectivity index (χ1v) is 5.59. The fourth-order valence-corrected chi connectivity index (χ4v) is 2.05. The molecular formula is C11H13ClN2O2. The van der Waals surface area contributed by atoms with Crippen molar-refractivity contribution >= 4 is 22.6 Å². The topological polar surface area (TPSA) is 68.9 Å². The predicted octanol–water partition coefficient (Wildman–Crippen LogP) is 2.34. The lowest BCUT2D eigenvalue weighted by Crippen LogP contribution is -1.99. The molecule has 2 rings (SSSR count). The van der Waals surface area contributed by atoms with Gasteiger partial charge in [-0.2, -0.15) is 0 Å². The van der Waals surface area contributed by atoms with Gasteiger partial charge >= 0.3 is 5.69 Å². The summed E-state index contributed by atoms with van der Waals surface area (Å²) in [5.74, 6) is 0. The van der Waals surface area contributed by atoms with Crippen LogP contribution >= 0.6 is 11.6 Å². The molecule has 0 aliphatic heterocycles. The Morgan fingerprint density at radius 3 is 2.62 bits per heavy atom. The van der Waals surface area contributed by atoms with Crippen molar-refractivity contribution in [3.63, 3.8) is 0 Å². The molecule has 3 N–H and O–H groups in total. The summed E-state index contributed by atoms with van der Waals surface area (Å²) in [4.78, 5) is 16.4. The van der Waals surface area contributed by atoms with E-state index in [1.807, 2.05) is 6.92 Å². The summed E-state index contributed by atoms with van der Waals surface area (Å²) >= 11 is 6.05. The number of aliphatic hydroxyl groups excluding tert-OH is 1. The first kappa shape index (κ1) is 11.2. The molecule has 0 aliphatic carbocycles. The van der Waals surface area contributed by atoms with Crippen molar-refractivity contribution < 1.29 is 5.11 Å². The smallest absolute Gasteiger partial charge is 0.323 e. The van der Waals surface area contributed by atoms with Crippen molar-refractivity contribution in [1.82, 2.24) is 9.97 Å². The molecule has 86 valence electrons. The number of aromatic nitrogens is 2. The van der Waals surface area contributed by atoms with E-state index in [0.717, 1.165) is 6.42 Å². The van der Waals surface area contributed by atoms with Crippen molar-refractivity contribution in [2.75, 3.05) is 0 Å². The van der Waals surface area contributed by atoms with Gasteiger partial charge in [-0.3, -0.25) is 0 Å². The fraction of sp³-hybridized carbons (Fsp3) is 0.364. The lowest BCUT2D eigenvalue weighted by molar-refractivity contribution is 0.166. The second-order valence-corrected chi connectivity index (χ2v) is 4.21. The Morgan fingerprint density at radius 1 is 1.38 bits per heavy atom. The summed E-state index contributed by atoms with van der Waals surface area (Å²) < 4.78 is 0. The van der Waals surface area contributed by atoms with Gasteiger partial charge in [0, 0.05) is 10.6 Å². The van der Waals surface area contributed by atoms with Crippen LogP contribution in [0.5, 0.6) is 0 Å². The van der Waals surface area contributed by atoms with Gasteiger partial charge in [-0.25, -0.2) is 4.79 Å². The number of aromatic amines is 2. The van der Waals surface area contributed by atoms with Crippen LogP contribution in [-0.2, 0) is 0 Å². The molecule has 0 fully saturated rings. The highest BCUT2D eigenvalue weighted by atomic mass is 35.5. The van der Waals surface area contributed by atoms with Crippen LogP contribution in [0.3, 0.4) is 0 Å². The van der Waals surface area contributed by atoms with E-state index in [9.17, 15) is 9.90 Å². The molecule has 0 saturated heterocycles. The molecule has 5 heteroatoms. The molecule has 0 spiro atoms. The minimum atomic E-state index is -0.583. The molecule has 0 saturated carbocycles. The number of nitrogens with one attached hydrogen (secondary N) is 2. The third-order valence-electron chi connectivity index (χ3n) is 2.55. The van der Waals surface area contributed by atoms with Crippen LogP contribution in [0.25, 0.3) is 11.0 Å². The molecule has 0 amide bonds. The average Bonchev–Trinajstić information content (AvgIpc) is 2.56. The molecule has 16 heavy (non-hydrogen) atoms. The van der Waals surface area contributed by atoms with Crippen molar-refractivity contribution in [3.05, 3.63) is 33.2 Å². The third kappa shape index (κ3) is 1.99. The maximum Gasteiger partial charge on any atom is 0.323 e. The Hall–Kier alpha value is -1.26. The van der Waals surface area contributed by atoms with E-state index in [1.54, 1.807) is 12.1 Å². The van der Waals surface area contributed by atoms with E-state index in [1.165, 1.54) is 0 Å². The SMILES string of the molecule is CCCC(O)c1cc2[nH]c(=O)[nH]c2cc1Cl.